The number of ether oxygens (including phenoxy) is 2. The molecule has 0 atom stereocenters. The van der Waals surface area contributed by atoms with Gasteiger partial charge in [0.05, 0.1) is 7.11 Å². The summed E-state index contributed by atoms with van der Waals surface area (Å²) in [4.78, 5) is 24.5. The Morgan fingerprint density at radius 1 is 1.14 bits per heavy atom. The number of alkyl halides is 2. The van der Waals surface area contributed by atoms with E-state index in [9.17, 15) is 18.4 Å². The lowest BCUT2D eigenvalue weighted by molar-refractivity contribution is -0.116. The fourth-order valence-corrected chi connectivity index (χ4v) is 2.97. The third-order valence-electron chi connectivity index (χ3n) is 4.46. The summed E-state index contributed by atoms with van der Waals surface area (Å²) in [7, 11) is 1.53. The van der Waals surface area contributed by atoms with Crippen molar-refractivity contribution in [3.63, 3.8) is 0 Å². The standard InChI is InChI=1S/C21H19F2NO5/c1-12-16-8-7-15(27-2)11-18(16)29-20(26)17(12)9-10-19(25)24-13-3-5-14(6-4-13)28-21(22)23/h3-8,11,21H,9-10H2,1-2H3,(H,24,25). The molecular weight excluding hydrogens is 384 g/mol. The number of amides is 1. The van der Waals surface area contributed by atoms with E-state index in [1.807, 2.05) is 0 Å². The maximum atomic E-state index is 12.3. The molecule has 2 aromatic carbocycles. The quantitative estimate of drug-likeness (QED) is 0.596. The molecule has 0 aliphatic rings. The molecular formula is C21H19F2NO5. The fourth-order valence-electron chi connectivity index (χ4n) is 2.97. The number of hydrogen-bond acceptors (Lipinski definition) is 5. The lowest BCUT2D eigenvalue weighted by Gasteiger charge is -2.10. The van der Waals surface area contributed by atoms with Crippen LogP contribution in [0.15, 0.2) is 51.7 Å². The molecule has 0 aliphatic carbocycles. The Hall–Kier alpha value is -3.42. The number of benzene rings is 2. The van der Waals surface area contributed by atoms with Gasteiger partial charge in [0.1, 0.15) is 17.1 Å². The van der Waals surface area contributed by atoms with E-state index in [-0.39, 0.29) is 24.5 Å². The van der Waals surface area contributed by atoms with Crippen molar-refractivity contribution in [2.24, 2.45) is 0 Å². The van der Waals surface area contributed by atoms with Crippen molar-refractivity contribution in [3.05, 3.63) is 64.0 Å². The third-order valence-corrected chi connectivity index (χ3v) is 4.46. The van der Waals surface area contributed by atoms with E-state index in [0.717, 1.165) is 10.9 Å². The van der Waals surface area contributed by atoms with Gasteiger partial charge in [-0.25, -0.2) is 4.79 Å². The molecule has 1 heterocycles. The molecule has 0 radical (unpaired) electrons. The van der Waals surface area contributed by atoms with E-state index in [1.165, 1.54) is 31.4 Å². The first kappa shape index (κ1) is 20.3. The predicted octanol–water partition coefficient (Wildman–Crippen LogP) is 4.28. The monoisotopic (exact) mass is 403 g/mol. The predicted molar refractivity (Wildman–Crippen MR) is 104 cm³/mol. The largest absolute Gasteiger partial charge is 0.497 e. The molecule has 1 aromatic heterocycles. The van der Waals surface area contributed by atoms with Gasteiger partial charge in [0.25, 0.3) is 0 Å². The molecule has 0 saturated heterocycles. The Morgan fingerprint density at radius 2 is 1.83 bits per heavy atom. The molecule has 152 valence electrons. The van der Waals surface area contributed by atoms with Crippen molar-refractivity contribution in [2.45, 2.75) is 26.4 Å². The second kappa shape index (κ2) is 8.72. The van der Waals surface area contributed by atoms with E-state index >= 15 is 0 Å². The number of anilines is 1. The van der Waals surface area contributed by atoms with Crippen LogP contribution in [-0.4, -0.2) is 19.6 Å². The van der Waals surface area contributed by atoms with Crippen LogP contribution in [0.5, 0.6) is 11.5 Å². The molecule has 0 saturated carbocycles. The lowest BCUT2D eigenvalue weighted by atomic mass is 10.0. The van der Waals surface area contributed by atoms with Gasteiger partial charge in [-0.1, -0.05) is 0 Å². The maximum absolute atomic E-state index is 12.3. The van der Waals surface area contributed by atoms with E-state index in [2.05, 4.69) is 10.1 Å². The summed E-state index contributed by atoms with van der Waals surface area (Å²) in [6.07, 6.45) is 0.261. The fraction of sp³-hybridized carbons (Fsp3) is 0.238. The van der Waals surface area contributed by atoms with Gasteiger partial charge in [-0.2, -0.15) is 8.78 Å². The van der Waals surface area contributed by atoms with E-state index < -0.39 is 12.2 Å². The molecule has 0 bridgehead atoms. The van der Waals surface area contributed by atoms with Crippen molar-refractivity contribution in [1.82, 2.24) is 0 Å². The minimum Gasteiger partial charge on any atom is -0.497 e. The zero-order chi connectivity index (χ0) is 21.0. The SMILES string of the molecule is COc1ccc2c(C)c(CCC(=O)Nc3ccc(OC(F)F)cc3)c(=O)oc2c1. The summed E-state index contributed by atoms with van der Waals surface area (Å²) >= 11 is 0. The van der Waals surface area contributed by atoms with Gasteiger partial charge in [0.15, 0.2) is 0 Å². The Balaban J connectivity index is 1.68. The van der Waals surface area contributed by atoms with E-state index in [0.29, 0.717) is 22.6 Å². The van der Waals surface area contributed by atoms with Crippen LogP contribution in [0.3, 0.4) is 0 Å². The number of hydrogen-bond donors (Lipinski definition) is 1. The molecule has 1 N–H and O–H groups in total. The molecule has 0 aliphatic heterocycles. The first-order valence-electron chi connectivity index (χ1n) is 8.82. The van der Waals surface area contributed by atoms with Crippen molar-refractivity contribution >= 4 is 22.6 Å². The van der Waals surface area contributed by atoms with Crippen LogP contribution >= 0.6 is 0 Å². The highest BCUT2D eigenvalue weighted by Gasteiger charge is 2.14. The second-order valence-electron chi connectivity index (χ2n) is 6.31. The van der Waals surface area contributed by atoms with Gasteiger partial charge in [-0.3, -0.25) is 4.79 Å². The van der Waals surface area contributed by atoms with Crippen molar-refractivity contribution in [3.8, 4) is 11.5 Å². The maximum Gasteiger partial charge on any atom is 0.387 e. The molecule has 0 unspecified atom stereocenters. The van der Waals surface area contributed by atoms with Crippen LogP contribution in [0, 0.1) is 6.92 Å². The minimum absolute atomic E-state index is 0.000902. The highest BCUT2D eigenvalue weighted by Crippen LogP contribution is 2.24. The third kappa shape index (κ3) is 4.90. The molecule has 6 nitrogen and oxygen atoms in total. The number of fused-ring (bicyclic) bond motifs is 1. The average Bonchev–Trinajstić information content (AvgIpc) is 2.68. The zero-order valence-electron chi connectivity index (χ0n) is 15.8. The molecule has 1 amide bonds. The molecule has 0 spiro atoms. The van der Waals surface area contributed by atoms with Gasteiger partial charge < -0.3 is 19.2 Å². The summed E-state index contributed by atoms with van der Waals surface area (Å²) in [6, 6.07) is 10.8. The summed E-state index contributed by atoms with van der Waals surface area (Å²) in [5.41, 5.74) is 1.54. The highest BCUT2D eigenvalue weighted by atomic mass is 19.3. The number of aryl methyl sites for hydroxylation is 1. The van der Waals surface area contributed by atoms with Crippen LogP contribution in [0.4, 0.5) is 14.5 Å². The van der Waals surface area contributed by atoms with Crippen LogP contribution in [0.1, 0.15) is 17.5 Å². The average molecular weight is 403 g/mol. The Morgan fingerprint density at radius 3 is 2.48 bits per heavy atom. The van der Waals surface area contributed by atoms with E-state index in [4.69, 9.17) is 9.15 Å². The van der Waals surface area contributed by atoms with Gasteiger partial charge in [0.2, 0.25) is 5.91 Å². The van der Waals surface area contributed by atoms with Gasteiger partial charge >= 0.3 is 12.2 Å². The Kier molecular flexibility index (Phi) is 6.11. The first-order chi connectivity index (χ1) is 13.9. The number of halogens is 2. The van der Waals surface area contributed by atoms with Gasteiger partial charge in [-0.05, 0) is 55.3 Å². The van der Waals surface area contributed by atoms with Crippen LogP contribution in [0.2, 0.25) is 0 Å². The van der Waals surface area contributed by atoms with Crippen molar-refractivity contribution in [1.29, 1.82) is 0 Å². The number of methoxy groups -OCH3 is 1. The zero-order valence-corrected chi connectivity index (χ0v) is 15.8. The summed E-state index contributed by atoms with van der Waals surface area (Å²) < 4.78 is 39.1. The first-order valence-corrected chi connectivity index (χ1v) is 8.82. The van der Waals surface area contributed by atoms with Crippen molar-refractivity contribution < 1.29 is 27.5 Å². The molecule has 29 heavy (non-hydrogen) atoms. The van der Waals surface area contributed by atoms with Crippen molar-refractivity contribution in [2.75, 3.05) is 12.4 Å². The lowest BCUT2D eigenvalue weighted by Crippen LogP contribution is -2.16. The number of rotatable bonds is 7. The topological polar surface area (TPSA) is 77.8 Å². The second-order valence-corrected chi connectivity index (χ2v) is 6.31. The number of carbonyl (C=O) groups excluding carboxylic acids is 1. The number of nitrogens with one attached hydrogen (secondary N) is 1. The summed E-state index contributed by atoms with van der Waals surface area (Å²) in [6.45, 7) is -1.10. The highest BCUT2D eigenvalue weighted by molar-refractivity contribution is 5.91. The molecule has 8 heteroatoms. The molecule has 3 rings (SSSR count). The normalized spacial score (nSPS) is 10.9. The van der Waals surface area contributed by atoms with Crippen LogP contribution in [0.25, 0.3) is 11.0 Å². The molecule has 0 fully saturated rings. The van der Waals surface area contributed by atoms with Gasteiger partial charge in [0, 0.05) is 29.1 Å². The van der Waals surface area contributed by atoms with E-state index in [1.54, 1.807) is 25.1 Å². The van der Waals surface area contributed by atoms with Gasteiger partial charge in [-0.15, -0.1) is 0 Å². The van der Waals surface area contributed by atoms with Crippen LogP contribution < -0.4 is 20.4 Å². The minimum atomic E-state index is -2.91. The smallest absolute Gasteiger partial charge is 0.387 e. The Bertz CT molecular complexity index is 1080. The summed E-state index contributed by atoms with van der Waals surface area (Å²) in [5, 5.41) is 3.43. The number of carbonyl (C=O) groups is 1. The summed E-state index contributed by atoms with van der Waals surface area (Å²) in [5.74, 6) is 0.261. The Labute approximate surface area is 165 Å². The van der Waals surface area contributed by atoms with Crippen LogP contribution in [-0.2, 0) is 11.2 Å². The molecule has 3 aromatic rings.